The fraction of sp³-hybridized carbons (Fsp3) is 0.529. The van der Waals surface area contributed by atoms with Crippen LogP contribution in [-0.2, 0) is 0 Å². The molecular formula is C17H24O2. The van der Waals surface area contributed by atoms with E-state index in [0.717, 1.165) is 18.6 Å². The average molecular weight is 260 g/mol. The monoisotopic (exact) mass is 260 g/mol. The first-order valence-electron chi connectivity index (χ1n) is 7.32. The van der Waals surface area contributed by atoms with Crippen LogP contribution in [0.4, 0.5) is 0 Å². The number of allylic oxidation sites excluding steroid dienone is 1. The van der Waals surface area contributed by atoms with Crippen molar-refractivity contribution in [3.05, 3.63) is 41.5 Å². The smallest absolute Gasteiger partial charge is 0.119 e. The summed E-state index contributed by atoms with van der Waals surface area (Å²) in [6.45, 7) is 2.63. The van der Waals surface area contributed by atoms with Crippen molar-refractivity contribution in [3.8, 4) is 5.75 Å². The van der Waals surface area contributed by atoms with E-state index in [2.05, 4.69) is 19.1 Å². The summed E-state index contributed by atoms with van der Waals surface area (Å²) in [5.41, 5.74) is 2.41. The summed E-state index contributed by atoms with van der Waals surface area (Å²) in [5, 5.41) is 10.2. The molecule has 2 heteroatoms. The number of rotatable bonds is 5. The van der Waals surface area contributed by atoms with Crippen molar-refractivity contribution in [3.63, 3.8) is 0 Å². The van der Waals surface area contributed by atoms with Gasteiger partial charge in [0.2, 0.25) is 0 Å². The second kappa shape index (κ2) is 7.34. The van der Waals surface area contributed by atoms with Gasteiger partial charge in [-0.05, 0) is 55.9 Å². The molecule has 1 aromatic rings. The number of aryl methyl sites for hydroxylation is 1. The van der Waals surface area contributed by atoms with E-state index in [1.54, 1.807) is 0 Å². The van der Waals surface area contributed by atoms with E-state index in [9.17, 15) is 5.11 Å². The van der Waals surface area contributed by atoms with Crippen molar-refractivity contribution in [2.75, 3.05) is 6.61 Å². The Balaban J connectivity index is 1.77. The predicted molar refractivity (Wildman–Crippen MR) is 78.5 cm³/mol. The molecule has 0 aliphatic heterocycles. The van der Waals surface area contributed by atoms with Gasteiger partial charge in [-0.3, -0.25) is 0 Å². The van der Waals surface area contributed by atoms with E-state index in [1.165, 1.54) is 30.4 Å². The summed E-state index contributed by atoms with van der Waals surface area (Å²) in [5.74, 6) is 0.891. The van der Waals surface area contributed by atoms with Gasteiger partial charge in [-0.1, -0.05) is 24.6 Å². The van der Waals surface area contributed by atoms with Crippen LogP contribution in [0.5, 0.6) is 5.75 Å². The van der Waals surface area contributed by atoms with Crippen LogP contribution >= 0.6 is 0 Å². The topological polar surface area (TPSA) is 29.5 Å². The summed E-state index contributed by atoms with van der Waals surface area (Å²) >= 11 is 0. The van der Waals surface area contributed by atoms with E-state index >= 15 is 0 Å². The minimum Gasteiger partial charge on any atom is -0.493 e. The number of aliphatic hydroxyl groups excluding tert-OH is 1. The molecular weight excluding hydrogens is 236 g/mol. The predicted octanol–water partition coefficient (Wildman–Crippen LogP) is 4.02. The number of hydrogen-bond donors (Lipinski definition) is 1. The van der Waals surface area contributed by atoms with Crippen molar-refractivity contribution in [1.82, 2.24) is 0 Å². The van der Waals surface area contributed by atoms with Gasteiger partial charge in [0.15, 0.2) is 0 Å². The third-order valence-electron chi connectivity index (χ3n) is 3.65. The molecule has 0 heterocycles. The van der Waals surface area contributed by atoms with Crippen molar-refractivity contribution >= 4 is 0 Å². The Bertz CT molecular complexity index is 423. The Morgan fingerprint density at radius 3 is 3.00 bits per heavy atom. The van der Waals surface area contributed by atoms with Gasteiger partial charge in [0, 0.05) is 6.42 Å². The lowest BCUT2D eigenvalue weighted by Crippen LogP contribution is -2.14. The van der Waals surface area contributed by atoms with Crippen LogP contribution in [-0.4, -0.2) is 17.8 Å². The maximum absolute atomic E-state index is 10.2. The molecule has 1 unspecified atom stereocenters. The summed E-state index contributed by atoms with van der Waals surface area (Å²) in [7, 11) is 0. The van der Waals surface area contributed by atoms with Crippen molar-refractivity contribution < 1.29 is 9.84 Å². The van der Waals surface area contributed by atoms with Crippen LogP contribution < -0.4 is 4.74 Å². The average Bonchev–Trinajstić information content (AvgIpc) is 2.67. The standard InChI is InChI=1S/C17H24O2/c1-14-7-6-10-16(13-14)19-12-11-17(18)15-8-4-2-3-5-9-15/h6-8,10,13,17-18H,2-5,9,11-12H2,1H3. The Morgan fingerprint density at radius 2 is 2.16 bits per heavy atom. The van der Waals surface area contributed by atoms with Crippen molar-refractivity contribution in [2.24, 2.45) is 0 Å². The van der Waals surface area contributed by atoms with E-state index in [0.29, 0.717) is 13.0 Å². The first-order valence-corrected chi connectivity index (χ1v) is 7.32. The first kappa shape index (κ1) is 14.1. The molecule has 0 spiro atoms. The largest absolute Gasteiger partial charge is 0.493 e. The molecule has 2 rings (SSSR count). The first-order chi connectivity index (χ1) is 9.25. The van der Waals surface area contributed by atoms with Gasteiger partial charge in [0.1, 0.15) is 5.75 Å². The number of ether oxygens (including phenoxy) is 1. The van der Waals surface area contributed by atoms with Crippen LogP contribution in [0.25, 0.3) is 0 Å². The van der Waals surface area contributed by atoms with Crippen molar-refractivity contribution in [2.45, 2.75) is 51.6 Å². The highest BCUT2D eigenvalue weighted by atomic mass is 16.5. The SMILES string of the molecule is Cc1cccc(OCCC(O)C2=CCCCCC2)c1. The zero-order chi connectivity index (χ0) is 13.5. The lowest BCUT2D eigenvalue weighted by molar-refractivity contribution is 0.165. The molecule has 0 fully saturated rings. The second-order valence-electron chi connectivity index (χ2n) is 5.35. The highest BCUT2D eigenvalue weighted by molar-refractivity contribution is 5.27. The minimum absolute atomic E-state index is 0.331. The molecule has 0 saturated carbocycles. The van der Waals surface area contributed by atoms with Crippen LogP contribution in [0.1, 0.15) is 44.1 Å². The van der Waals surface area contributed by atoms with Gasteiger partial charge in [0.05, 0.1) is 12.7 Å². The number of hydrogen-bond acceptors (Lipinski definition) is 2. The molecule has 0 amide bonds. The Morgan fingerprint density at radius 1 is 1.26 bits per heavy atom. The highest BCUT2D eigenvalue weighted by Crippen LogP contribution is 2.21. The highest BCUT2D eigenvalue weighted by Gasteiger charge is 2.12. The van der Waals surface area contributed by atoms with Gasteiger partial charge >= 0.3 is 0 Å². The lowest BCUT2D eigenvalue weighted by Gasteiger charge is -2.15. The molecule has 0 saturated heterocycles. The van der Waals surface area contributed by atoms with E-state index in [1.807, 2.05) is 18.2 Å². The van der Waals surface area contributed by atoms with E-state index in [-0.39, 0.29) is 6.10 Å². The van der Waals surface area contributed by atoms with Crippen LogP contribution in [0, 0.1) is 6.92 Å². The molecule has 1 N–H and O–H groups in total. The zero-order valence-electron chi connectivity index (χ0n) is 11.8. The van der Waals surface area contributed by atoms with Gasteiger partial charge in [-0.25, -0.2) is 0 Å². The van der Waals surface area contributed by atoms with Crippen LogP contribution in [0.15, 0.2) is 35.9 Å². The normalized spacial score (nSPS) is 17.5. The summed E-state index contributed by atoms with van der Waals surface area (Å²) in [6, 6.07) is 8.04. The number of aliphatic hydroxyl groups is 1. The number of benzene rings is 1. The molecule has 2 nitrogen and oxygen atoms in total. The Labute approximate surface area is 116 Å². The second-order valence-corrected chi connectivity index (χ2v) is 5.35. The van der Waals surface area contributed by atoms with Crippen molar-refractivity contribution in [1.29, 1.82) is 0 Å². The van der Waals surface area contributed by atoms with Crippen LogP contribution in [0.2, 0.25) is 0 Å². The fourth-order valence-electron chi connectivity index (χ4n) is 2.52. The Kier molecular flexibility index (Phi) is 5.46. The summed E-state index contributed by atoms with van der Waals surface area (Å²) in [4.78, 5) is 0. The molecule has 1 aliphatic carbocycles. The minimum atomic E-state index is -0.331. The zero-order valence-corrected chi connectivity index (χ0v) is 11.8. The van der Waals surface area contributed by atoms with Gasteiger partial charge in [-0.2, -0.15) is 0 Å². The molecule has 19 heavy (non-hydrogen) atoms. The summed E-state index contributed by atoms with van der Waals surface area (Å²) in [6.07, 6.45) is 8.49. The van der Waals surface area contributed by atoms with Gasteiger partial charge in [-0.15, -0.1) is 0 Å². The molecule has 0 aromatic heterocycles. The summed E-state index contributed by atoms with van der Waals surface area (Å²) < 4.78 is 5.69. The molecule has 1 aliphatic rings. The Hall–Kier alpha value is -1.28. The lowest BCUT2D eigenvalue weighted by atomic mass is 10.0. The maximum atomic E-state index is 10.2. The van der Waals surface area contributed by atoms with Gasteiger partial charge < -0.3 is 9.84 Å². The quantitative estimate of drug-likeness (QED) is 0.810. The maximum Gasteiger partial charge on any atom is 0.119 e. The van der Waals surface area contributed by atoms with Gasteiger partial charge in [0.25, 0.3) is 0 Å². The molecule has 1 aromatic carbocycles. The third kappa shape index (κ3) is 4.71. The third-order valence-corrected chi connectivity index (χ3v) is 3.65. The fourth-order valence-corrected chi connectivity index (χ4v) is 2.52. The molecule has 0 radical (unpaired) electrons. The van der Waals surface area contributed by atoms with E-state index < -0.39 is 0 Å². The molecule has 104 valence electrons. The van der Waals surface area contributed by atoms with Crippen LogP contribution in [0.3, 0.4) is 0 Å². The molecule has 1 atom stereocenters. The molecule has 0 bridgehead atoms. The van der Waals surface area contributed by atoms with E-state index in [4.69, 9.17) is 4.74 Å².